The molecule has 0 spiro atoms. The number of allylic oxidation sites excluding steroid dienone is 2. The maximum Gasteiger partial charge on any atom is 0.155 e. The van der Waals surface area contributed by atoms with Gasteiger partial charge in [0.1, 0.15) is 0 Å². The first kappa shape index (κ1) is 38.6. The number of aliphatic hydroxyl groups excluding tert-OH is 1. The summed E-state index contributed by atoms with van der Waals surface area (Å²) in [5, 5.41) is 15.8. The minimum atomic E-state index is -0.125. The molecule has 1 N–H and O–H groups in total. The molecule has 0 saturated carbocycles. The van der Waals surface area contributed by atoms with E-state index >= 15 is 0 Å². The van der Waals surface area contributed by atoms with Crippen LogP contribution in [0.5, 0.6) is 0 Å². The Hall–Kier alpha value is -5.13. The van der Waals surface area contributed by atoms with Gasteiger partial charge in [0, 0.05) is 31.9 Å². The molecule has 4 nitrogen and oxygen atoms in total. The second-order valence-corrected chi connectivity index (χ2v) is 15.0. The van der Waals surface area contributed by atoms with Gasteiger partial charge in [-0.3, -0.25) is 21.1 Å². The number of fused-ring (bicyclic) bond motifs is 3. The van der Waals surface area contributed by atoms with E-state index < -0.39 is 0 Å². The van der Waals surface area contributed by atoms with Gasteiger partial charge in [-0.2, -0.15) is 0 Å². The molecule has 0 bridgehead atoms. The largest absolute Gasteiger partial charge is 0.512 e. The van der Waals surface area contributed by atoms with Crippen LogP contribution in [0.25, 0.3) is 71.2 Å². The fourth-order valence-electron chi connectivity index (χ4n) is 7.02. The number of thiophene rings is 1. The van der Waals surface area contributed by atoms with E-state index in [4.69, 9.17) is 10.1 Å². The maximum atomic E-state index is 10.0. The minimum Gasteiger partial charge on any atom is -0.512 e. The number of hydrogen-bond donors (Lipinski definition) is 1. The molecule has 0 atom stereocenters. The average molecular weight is 904 g/mol. The van der Waals surface area contributed by atoms with Crippen molar-refractivity contribution in [2.24, 2.45) is 0 Å². The Morgan fingerprint density at radius 3 is 1.96 bits per heavy atom. The first-order valence-corrected chi connectivity index (χ1v) is 18.9. The first-order chi connectivity index (χ1) is 25.6. The topological polar surface area (TPSA) is 55.1 Å². The summed E-state index contributed by atoms with van der Waals surface area (Å²) in [6.45, 7) is 12.1. The van der Waals surface area contributed by atoms with Crippen LogP contribution >= 0.6 is 11.3 Å². The van der Waals surface area contributed by atoms with Gasteiger partial charge in [0.15, 0.2) is 5.78 Å². The molecule has 2 heterocycles. The van der Waals surface area contributed by atoms with E-state index in [1.54, 1.807) is 11.3 Å². The van der Waals surface area contributed by atoms with Crippen LogP contribution in [-0.2, 0) is 24.9 Å². The fraction of sp³-hybridized carbons (Fsp3) is 0.167. The molecule has 6 aromatic carbocycles. The molecular weight excluding hydrogens is 861 g/mol. The molecule has 2 aromatic heterocycles. The molecule has 6 heteroatoms. The normalized spacial score (nSPS) is 11.6. The van der Waals surface area contributed by atoms with E-state index in [1.165, 1.54) is 79.9 Å². The standard InChI is InChI=1S/C43H35N2S.C5H8O2.Ir/c1-27(2)35-24-34(29-12-6-5-7-13-29)25-36(28(3)4)42(35)45-40-17-11-10-16-39(40)44-43(45)38-26-46-41-21-20-33(23-37(38)41)32-19-18-30-14-8-9-15-31(30)22-32;1-4(6)3-5(2)7;/h5-25,27-28H,1-4H3;3,6H,1-2H3;/q-1;;/b;4-3-;. The Morgan fingerprint density at radius 1 is 0.704 bits per heavy atom. The minimum absolute atomic E-state index is 0. The van der Waals surface area contributed by atoms with E-state index in [2.05, 4.69) is 165 Å². The smallest absolute Gasteiger partial charge is 0.155 e. The van der Waals surface area contributed by atoms with Gasteiger partial charge in [0.2, 0.25) is 0 Å². The van der Waals surface area contributed by atoms with Crippen molar-refractivity contribution in [1.29, 1.82) is 0 Å². The van der Waals surface area contributed by atoms with Gasteiger partial charge in [-0.25, -0.2) is 0 Å². The number of aliphatic hydroxyl groups is 1. The van der Waals surface area contributed by atoms with Crippen molar-refractivity contribution in [2.75, 3.05) is 0 Å². The van der Waals surface area contributed by atoms with Gasteiger partial charge in [-0.15, -0.1) is 5.39 Å². The van der Waals surface area contributed by atoms with E-state index in [0.717, 1.165) is 22.4 Å². The van der Waals surface area contributed by atoms with Crippen molar-refractivity contribution in [1.82, 2.24) is 9.55 Å². The molecule has 273 valence electrons. The van der Waals surface area contributed by atoms with E-state index in [9.17, 15) is 4.79 Å². The Bertz CT molecular complexity index is 2600. The predicted molar refractivity (Wildman–Crippen MR) is 224 cm³/mol. The van der Waals surface area contributed by atoms with Crippen LogP contribution in [0.15, 0.2) is 139 Å². The predicted octanol–water partition coefficient (Wildman–Crippen LogP) is 13.5. The third kappa shape index (κ3) is 7.88. The SMILES string of the molecule is CC(=O)/C=C(/C)O.CC(C)c1cc(-c2ccccc2)cc(C(C)C)c1-n1c(-c2[c-]sc3ccc(-c4ccc5ccccc5c4)cc23)nc2ccccc21.[Ir]. The third-order valence-electron chi connectivity index (χ3n) is 9.53. The second kappa shape index (κ2) is 16.5. The molecule has 8 aromatic rings. The number of para-hydroxylation sites is 2. The zero-order valence-electron chi connectivity index (χ0n) is 31.3. The quantitative estimate of drug-likeness (QED) is 0.0985. The summed E-state index contributed by atoms with van der Waals surface area (Å²) in [5.74, 6) is 1.51. The molecule has 54 heavy (non-hydrogen) atoms. The molecule has 1 radical (unpaired) electrons. The van der Waals surface area contributed by atoms with Crippen molar-refractivity contribution in [2.45, 2.75) is 53.4 Å². The Kier molecular flexibility index (Phi) is 11.8. The van der Waals surface area contributed by atoms with Crippen LogP contribution in [0.1, 0.15) is 64.5 Å². The van der Waals surface area contributed by atoms with Crippen LogP contribution in [0.3, 0.4) is 0 Å². The van der Waals surface area contributed by atoms with E-state index in [-0.39, 0.29) is 31.6 Å². The van der Waals surface area contributed by atoms with Gasteiger partial charge in [0.05, 0.1) is 22.6 Å². The van der Waals surface area contributed by atoms with Gasteiger partial charge < -0.3 is 9.67 Å². The number of imidazole rings is 1. The van der Waals surface area contributed by atoms with Crippen molar-refractivity contribution in [3.8, 4) is 39.3 Å². The number of hydrogen-bond acceptors (Lipinski definition) is 4. The number of carbonyl (C=O) groups is 1. The third-order valence-corrected chi connectivity index (χ3v) is 10.4. The molecule has 0 aliphatic rings. The monoisotopic (exact) mass is 904 g/mol. The molecular formula is C48H43IrN2O2S-. The van der Waals surface area contributed by atoms with E-state index in [0.29, 0.717) is 11.8 Å². The Morgan fingerprint density at radius 2 is 1.31 bits per heavy atom. The Balaban J connectivity index is 0.000000569. The second-order valence-electron chi connectivity index (χ2n) is 14.2. The van der Waals surface area contributed by atoms with Crippen molar-refractivity contribution >= 4 is 49.0 Å². The molecule has 0 saturated heterocycles. The molecule has 0 aliphatic heterocycles. The summed E-state index contributed by atoms with van der Waals surface area (Å²) >= 11 is 1.67. The average Bonchev–Trinajstić information content (AvgIpc) is 3.75. The van der Waals surface area contributed by atoms with Gasteiger partial charge >= 0.3 is 0 Å². The van der Waals surface area contributed by atoms with Crippen LogP contribution in [0, 0.1) is 5.38 Å². The van der Waals surface area contributed by atoms with Crippen molar-refractivity contribution in [3.63, 3.8) is 0 Å². The summed E-state index contributed by atoms with van der Waals surface area (Å²) in [4.78, 5) is 15.4. The van der Waals surface area contributed by atoms with Crippen LogP contribution in [-0.4, -0.2) is 20.4 Å². The van der Waals surface area contributed by atoms with Crippen LogP contribution in [0.2, 0.25) is 0 Å². The van der Waals surface area contributed by atoms with Crippen LogP contribution < -0.4 is 0 Å². The maximum absolute atomic E-state index is 10.0. The Labute approximate surface area is 335 Å². The van der Waals surface area contributed by atoms with Crippen molar-refractivity contribution < 1.29 is 30.0 Å². The molecule has 0 fully saturated rings. The number of aromatic nitrogens is 2. The zero-order valence-corrected chi connectivity index (χ0v) is 34.6. The van der Waals surface area contributed by atoms with Gasteiger partial charge in [-0.1, -0.05) is 140 Å². The summed E-state index contributed by atoms with van der Waals surface area (Å²) in [7, 11) is 0. The summed E-state index contributed by atoms with van der Waals surface area (Å²) < 4.78 is 3.64. The fourth-order valence-corrected chi connectivity index (χ4v) is 7.84. The summed E-state index contributed by atoms with van der Waals surface area (Å²) in [6, 6.07) is 46.2. The van der Waals surface area contributed by atoms with Crippen molar-refractivity contribution in [3.05, 3.63) is 156 Å². The number of ketones is 1. The molecule has 0 aliphatic carbocycles. The summed E-state index contributed by atoms with van der Waals surface area (Å²) in [6.07, 6.45) is 1.17. The van der Waals surface area contributed by atoms with Gasteiger partial charge in [-0.05, 0) is 100 Å². The number of rotatable bonds is 7. The molecule has 8 rings (SSSR count). The van der Waals surface area contributed by atoms with Crippen LogP contribution in [0.4, 0.5) is 0 Å². The first-order valence-electron chi connectivity index (χ1n) is 18.1. The molecule has 0 unspecified atom stereocenters. The number of nitrogens with zero attached hydrogens (tertiary/aromatic N) is 2. The molecule has 0 amide bonds. The van der Waals surface area contributed by atoms with E-state index in [1.807, 2.05) is 0 Å². The summed E-state index contributed by atoms with van der Waals surface area (Å²) in [5.41, 5.74) is 12.0. The van der Waals surface area contributed by atoms with Gasteiger partial charge in [0.25, 0.3) is 0 Å². The number of carbonyl (C=O) groups excluding carboxylic acids is 1. The number of benzene rings is 6. The zero-order chi connectivity index (χ0) is 37.2.